The lowest BCUT2D eigenvalue weighted by Crippen LogP contribution is -2.29. The SMILES string of the molecule is Cc1cccc(O[C@@H](C)C(=O)OCC(=O)Nc2ccc3c(c2)CCC3)c1. The summed E-state index contributed by atoms with van der Waals surface area (Å²) in [5.41, 5.74) is 4.39. The van der Waals surface area contributed by atoms with Gasteiger partial charge in [0, 0.05) is 5.69 Å². The summed E-state index contributed by atoms with van der Waals surface area (Å²) in [4.78, 5) is 24.0. The van der Waals surface area contributed by atoms with E-state index in [4.69, 9.17) is 9.47 Å². The molecule has 0 saturated heterocycles. The van der Waals surface area contributed by atoms with Crippen molar-refractivity contribution < 1.29 is 19.1 Å². The monoisotopic (exact) mass is 353 g/mol. The van der Waals surface area contributed by atoms with Crippen molar-refractivity contribution in [2.24, 2.45) is 0 Å². The summed E-state index contributed by atoms with van der Waals surface area (Å²) in [5.74, 6) is -0.341. The molecule has 0 spiro atoms. The highest BCUT2D eigenvalue weighted by Gasteiger charge is 2.18. The first kappa shape index (κ1) is 18.0. The van der Waals surface area contributed by atoms with Gasteiger partial charge in [0.1, 0.15) is 5.75 Å². The van der Waals surface area contributed by atoms with Gasteiger partial charge >= 0.3 is 5.97 Å². The third-order valence-corrected chi connectivity index (χ3v) is 4.36. The van der Waals surface area contributed by atoms with Gasteiger partial charge in [-0.05, 0) is 74.1 Å². The number of benzene rings is 2. The van der Waals surface area contributed by atoms with Crippen molar-refractivity contribution >= 4 is 17.6 Å². The highest BCUT2D eigenvalue weighted by atomic mass is 16.6. The number of ether oxygens (including phenoxy) is 2. The Balaban J connectivity index is 1.47. The van der Waals surface area contributed by atoms with Crippen molar-refractivity contribution in [2.45, 2.75) is 39.2 Å². The van der Waals surface area contributed by atoms with Crippen LogP contribution in [0.3, 0.4) is 0 Å². The Kier molecular flexibility index (Phi) is 5.56. The summed E-state index contributed by atoms with van der Waals surface area (Å²) in [7, 11) is 0. The van der Waals surface area contributed by atoms with Crippen molar-refractivity contribution in [1.82, 2.24) is 0 Å². The first-order chi connectivity index (χ1) is 12.5. The molecule has 0 aliphatic heterocycles. The van der Waals surface area contributed by atoms with Crippen molar-refractivity contribution in [1.29, 1.82) is 0 Å². The summed E-state index contributed by atoms with van der Waals surface area (Å²) in [6, 6.07) is 13.3. The van der Waals surface area contributed by atoms with Crippen LogP contribution in [0.5, 0.6) is 5.75 Å². The highest BCUT2D eigenvalue weighted by molar-refractivity contribution is 5.93. The molecule has 1 amide bonds. The summed E-state index contributed by atoms with van der Waals surface area (Å²) in [6.07, 6.45) is 2.51. The Morgan fingerprint density at radius 3 is 2.73 bits per heavy atom. The number of aryl methyl sites for hydroxylation is 3. The predicted octanol–water partition coefficient (Wildman–Crippen LogP) is 3.43. The number of fused-ring (bicyclic) bond motifs is 1. The lowest BCUT2D eigenvalue weighted by molar-refractivity contribution is -0.153. The average molecular weight is 353 g/mol. The normalized spacial score (nSPS) is 13.6. The van der Waals surface area contributed by atoms with Gasteiger partial charge in [0.05, 0.1) is 0 Å². The molecule has 136 valence electrons. The molecule has 5 nitrogen and oxygen atoms in total. The second kappa shape index (κ2) is 8.04. The van der Waals surface area contributed by atoms with E-state index in [1.165, 1.54) is 11.1 Å². The van der Waals surface area contributed by atoms with Crippen LogP contribution in [0.2, 0.25) is 0 Å². The molecule has 3 rings (SSSR count). The second-order valence-electron chi connectivity index (χ2n) is 6.57. The van der Waals surface area contributed by atoms with E-state index in [2.05, 4.69) is 5.32 Å². The van der Waals surface area contributed by atoms with Gasteiger partial charge in [-0.25, -0.2) is 4.79 Å². The number of esters is 1. The largest absolute Gasteiger partial charge is 0.479 e. The Bertz CT molecular complexity index is 815. The topological polar surface area (TPSA) is 64.6 Å². The third kappa shape index (κ3) is 4.63. The molecule has 1 aliphatic rings. The molecular formula is C21H23NO4. The smallest absolute Gasteiger partial charge is 0.347 e. The molecule has 2 aromatic carbocycles. The minimum Gasteiger partial charge on any atom is -0.479 e. The molecule has 1 aliphatic carbocycles. The van der Waals surface area contributed by atoms with Crippen molar-refractivity contribution in [3.63, 3.8) is 0 Å². The molecule has 0 unspecified atom stereocenters. The molecule has 1 N–H and O–H groups in total. The van der Waals surface area contributed by atoms with E-state index in [1.54, 1.807) is 13.0 Å². The Hall–Kier alpha value is -2.82. The lowest BCUT2D eigenvalue weighted by Gasteiger charge is -2.14. The number of carbonyl (C=O) groups is 2. The van der Waals surface area contributed by atoms with Crippen molar-refractivity contribution in [3.8, 4) is 5.75 Å². The van der Waals surface area contributed by atoms with Gasteiger partial charge < -0.3 is 14.8 Å². The summed E-state index contributed by atoms with van der Waals surface area (Å²) >= 11 is 0. The van der Waals surface area contributed by atoms with Crippen LogP contribution in [0.25, 0.3) is 0 Å². The average Bonchev–Trinajstić information content (AvgIpc) is 3.07. The Labute approximate surface area is 153 Å². The molecule has 5 heteroatoms. The summed E-state index contributed by atoms with van der Waals surface area (Å²) < 4.78 is 10.6. The number of carbonyl (C=O) groups excluding carboxylic acids is 2. The van der Waals surface area contributed by atoms with Gasteiger partial charge in [0.25, 0.3) is 5.91 Å². The van der Waals surface area contributed by atoms with E-state index in [9.17, 15) is 9.59 Å². The number of anilines is 1. The maximum Gasteiger partial charge on any atom is 0.347 e. The maximum atomic E-state index is 12.0. The van der Waals surface area contributed by atoms with E-state index in [0.717, 1.165) is 30.5 Å². The molecule has 0 aromatic heterocycles. The van der Waals surface area contributed by atoms with Gasteiger partial charge in [-0.15, -0.1) is 0 Å². The Morgan fingerprint density at radius 1 is 1.12 bits per heavy atom. The molecule has 0 fully saturated rings. The van der Waals surface area contributed by atoms with Gasteiger partial charge in [0.2, 0.25) is 0 Å². The minimum atomic E-state index is -0.787. The maximum absolute atomic E-state index is 12.0. The van der Waals surface area contributed by atoms with Crippen LogP contribution in [0.1, 0.15) is 30.0 Å². The Morgan fingerprint density at radius 2 is 1.92 bits per heavy atom. The fourth-order valence-corrected chi connectivity index (χ4v) is 3.04. The van der Waals surface area contributed by atoms with Gasteiger partial charge in [-0.2, -0.15) is 0 Å². The molecule has 2 aromatic rings. The lowest BCUT2D eigenvalue weighted by atomic mass is 10.1. The van der Waals surface area contributed by atoms with E-state index in [0.29, 0.717) is 5.75 Å². The summed E-state index contributed by atoms with van der Waals surface area (Å²) in [6.45, 7) is 3.21. The molecule has 0 saturated carbocycles. The first-order valence-corrected chi connectivity index (χ1v) is 8.83. The van der Waals surface area contributed by atoms with Crippen molar-refractivity contribution in [2.75, 3.05) is 11.9 Å². The van der Waals surface area contributed by atoms with Crippen LogP contribution in [0.15, 0.2) is 42.5 Å². The van der Waals surface area contributed by atoms with Crippen LogP contribution in [-0.2, 0) is 27.2 Å². The highest BCUT2D eigenvalue weighted by Crippen LogP contribution is 2.24. The van der Waals surface area contributed by atoms with E-state index >= 15 is 0 Å². The molecule has 26 heavy (non-hydrogen) atoms. The molecule has 0 bridgehead atoms. The summed E-state index contributed by atoms with van der Waals surface area (Å²) in [5, 5.41) is 2.77. The number of hydrogen-bond donors (Lipinski definition) is 1. The fraction of sp³-hybridized carbons (Fsp3) is 0.333. The molecule has 0 heterocycles. The first-order valence-electron chi connectivity index (χ1n) is 8.83. The standard InChI is InChI=1S/C21H23NO4/c1-14-5-3-8-19(11-14)26-15(2)21(24)25-13-20(23)22-18-10-9-16-6-4-7-17(16)12-18/h3,5,8-12,15H,4,6-7,13H2,1-2H3,(H,22,23)/t15-/m0/s1. The zero-order chi connectivity index (χ0) is 18.5. The van der Waals surface area contributed by atoms with Crippen LogP contribution < -0.4 is 10.1 Å². The van der Waals surface area contributed by atoms with Crippen LogP contribution >= 0.6 is 0 Å². The van der Waals surface area contributed by atoms with Gasteiger partial charge in [0.15, 0.2) is 12.7 Å². The van der Waals surface area contributed by atoms with Gasteiger partial charge in [-0.3, -0.25) is 4.79 Å². The second-order valence-corrected chi connectivity index (χ2v) is 6.57. The number of hydrogen-bond acceptors (Lipinski definition) is 4. The van der Waals surface area contributed by atoms with E-state index in [-0.39, 0.29) is 12.5 Å². The molecular weight excluding hydrogens is 330 g/mol. The number of rotatable bonds is 6. The van der Waals surface area contributed by atoms with E-state index < -0.39 is 12.1 Å². The minimum absolute atomic E-state index is 0.336. The molecule has 0 radical (unpaired) electrons. The third-order valence-electron chi connectivity index (χ3n) is 4.36. The fourth-order valence-electron chi connectivity index (χ4n) is 3.04. The van der Waals surface area contributed by atoms with Crippen LogP contribution in [0.4, 0.5) is 5.69 Å². The van der Waals surface area contributed by atoms with E-state index in [1.807, 2.05) is 43.3 Å². The van der Waals surface area contributed by atoms with Crippen molar-refractivity contribution in [3.05, 3.63) is 59.2 Å². The number of nitrogens with one attached hydrogen (secondary N) is 1. The molecule has 1 atom stereocenters. The number of amides is 1. The van der Waals surface area contributed by atoms with Gasteiger partial charge in [-0.1, -0.05) is 18.2 Å². The van der Waals surface area contributed by atoms with Crippen LogP contribution in [0, 0.1) is 6.92 Å². The quantitative estimate of drug-likeness (QED) is 0.808. The zero-order valence-electron chi connectivity index (χ0n) is 15.1. The zero-order valence-corrected chi connectivity index (χ0v) is 15.1. The van der Waals surface area contributed by atoms with Crippen LogP contribution in [-0.4, -0.2) is 24.6 Å². The predicted molar refractivity (Wildman–Crippen MR) is 99.3 cm³/mol.